The zero-order chi connectivity index (χ0) is 64.7. The molecule has 2 aromatic heterocycles. The number of nitrogens with zero attached hydrogens (tertiary/aromatic N) is 7. The normalized spacial score (nSPS) is 11.5. The number of hydrogen-bond acceptors (Lipinski definition) is 9. The van der Waals surface area contributed by atoms with Crippen molar-refractivity contribution in [2.45, 2.75) is 139 Å². The third-order valence-electron chi connectivity index (χ3n) is 15.0. The van der Waals surface area contributed by atoms with Crippen molar-refractivity contribution in [1.82, 2.24) is 25.3 Å². The van der Waals surface area contributed by atoms with Gasteiger partial charge in [0.15, 0.2) is 5.75 Å². The molecule has 2 heterocycles. The van der Waals surface area contributed by atoms with Gasteiger partial charge in [0.25, 0.3) is 5.91 Å². The second kappa shape index (κ2) is 30.2. The number of carbonyl (C=O) groups is 2. The van der Waals surface area contributed by atoms with Gasteiger partial charge in [-0.05, 0) is 151 Å². The average molecular weight is 1220 g/mol. The first-order chi connectivity index (χ1) is 42.1. The second-order valence-corrected chi connectivity index (χ2v) is 23.2. The summed E-state index contributed by atoms with van der Waals surface area (Å²) in [7, 11) is 0. The van der Waals surface area contributed by atoms with E-state index in [9.17, 15) is 35.9 Å². The molecule has 0 aliphatic carbocycles. The van der Waals surface area contributed by atoms with Gasteiger partial charge in [-0.3, -0.25) is 9.59 Å². The monoisotopic (exact) mass is 1220 g/mol. The van der Waals surface area contributed by atoms with Crippen LogP contribution in [0.4, 0.5) is 38.2 Å². The molecule has 0 bridgehead atoms. The SMILES string of the molecule is Cc1cc(CN(Cc2cc(C)ccc2-c2cc(C(C)C)ccc2C)c2ncc(C(=O)NCCCC(=O)O)cn2)cc(C(F)(F)F)c1.[C-]#[N+]CCCOc1cnc(N(Cc2cc(C)cc(C(F)(F)F)c2)Cc2cc(C)ccc2-c2cc(C(C)C)ccc2C)nc1. The van der Waals surface area contributed by atoms with Gasteiger partial charge in [0.2, 0.25) is 18.4 Å². The predicted octanol–water partition coefficient (Wildman–Crippen LogP) is 17.1. The predicted molar refractivity (Wildman–Crippen MR) is 338 cm³/mol. The Bertz CT molecular complexity index is 3790. The van der Waals surface area contributed by atoms with Crippen LogP contribution in [0.15, 0.2) is 134 Å². The van der Waals surface area contributed by atoms with E-state index >= 15 is 0 Å². The van der Waals surface area contributed by atoms with Crippen LogP contribution in [-0.2, 0) is 43.3 Å². The molecule has 89 heavy (non-hydrogen) atoms. The third kappa shape index (κ3) is 19.2. The number of amides is 1. The Morgan fingerprint density at radius 2 is 1.01 bits per heavy atom. The van der Waals surface area contributed by atoms with E-state index < -0.39 is 35.4 Å². The Balaban J connectivity index is 0.000000254. The van der Waals surface area contributed by atoms with E-state index in [4.69, 9.17) is 16.4 Å². The zero-order valence-corrected chi connectivity index (χ0v) is 52.0. The number of aryl methyl sites for hydroxylation is 6. The standard InChI is InChI=1S/C36H39F3N4O3.C35H37F3N4O/c1-22(2)27-10-9-25(5)32(17-27)31-11-8-23(3)14-28(31)21-43(20-26-13-24(4)15-30(16-26)36(37,38)39)35-41-18-29(19-42-35)34(46)40-12-6-7-33(44)45;1-23(2)28-10-9-26(5)33(18-28)32-11-8-24(3)15-29(32)22-42(21-27-14-25(4)16-30(17-27)35(36,37)38)34-40-19-31(20-41-34)43-13-7-12-39-6/h8-11,13-19,22H,6-7,12,20-21H2,1-5H3,(H,40,46)(H,44,45);8-11,14-20,23H,7,12-13,21-22H2,1-5H3. The van der Waals surface area contributed by atoms with Crippen LogP contribution in [0.1, 0.15) is 147 Å². The molecule has 6 aromatic carbocycles. The van der Waals surface area contributed by atoms with Gasteiger partial charge in [-0.2, -0.15) is 26.3 Å². The summed E-state index contributed by atoms with van der Waals surface area (Å²) < 4.78 is 88.0. The fourth-order valence-electron chi connectivity index (χ4n) is 10.3. The maximum atomic E-state index is 13.7. The van der Waals surface area contributed by atoms with Crippen LogP contribution in [0.5, 0.6) is 5.75 Å². The first-order valence-corrected chi connectivity index (χ1v) is 29.5. The highest BCUT2D eigenvalue weighted by Gasteiger charge is 2.32. The van der Waals surface area contributed by atoms with Crippen molar-refractivity contribution in [3.8, 4) is 28.0 Å². The van der Waals surface area contributed by atoms with Crippen LogP contribution in [-0.4, -0.2) is 56.6 Å². The number of nitrogens with one attached hydrogen (secondary N) is 1. The molecule has 0 aliphatic heterocycles. The molecular formula is C71H76F6N8O4. The number of rotatable bonds is 23. The molecule has 0 spiro atoms. The van der Waals surface area contributed by atoms with Gasteiger partial charge in [0, 0.05) is 51.5 Å². The summed E-state index contributed by atoms with van der Waals surface area (Å²) in [4.78, 5) is 48.4. The quantitative estimate of drug-likeness (QED) is 0.0362. The van der Waals surface area contributed by atoms with E-state index in [1.807, 2.05) is 29.7 Å². The Morgan fingerprint density at radius 1 is 0.562 bits per heavy atom. The number of alkyl halides is 6. The largest absolute Gasteiger partial charge is 0.490 e. The molecule has 8 aromatic rings. The zero-order valence-electron chi connectivity index (χ0n) is 52.0. The van der Waals surface area contributed by atoms with Crippen LogP contribution < -0.4 is 19.9 Å². The second-order valence-electron chi connectivity index (χ2n) is 23.2. The number of ether oxygens (including phenoxy) is 1. The Morgan fingerprint density at radius 3 is 1.43 bits per heavy atom. The van der Waals surface area contributed by atoms with Crippen molar-refractivity contribution in [1.29, 1.82) is 0 Å². The van der Waals surface area contributed by atoms with Gasteiger partial charge in [-0.15, -0.1) is 0 Å². The van der Waals surface area contributed by atoms with Crippen molar-refractivity contribution in [2.75, 3.05) is 29.5 Å². The molecule has 0 radical (unpaired) electrons. The van der Waals surface area contributed by atoms with Gasteiger partial charge >= 0.3 is 18.3 Å². The fourth-order valence-corrected chi connectivity index (χ4v) is 10.3. The van der Waals surface area contributed by atoms with E-state index in [-0.39, 0.29) is 44.0 Å². The molecule has 0 saturated carbocycles. The van der Waals surface area contributed by atoms with E-state index in [1.165, 1.54) is 29.6 Å². The molecule has 0 aliphatic rings. The van der Waals surface area contributed by atoms with E-state index in [2.05, 4.69) is 138 Å². The number of hydrogen-bond donors (Lipinski definition) is 2. The molecule has 0 atom stereocenters. The van der Waals surface area contributed by atoms with E-state index in [0.29, 0.717) is 78.4 Å². The number of benzene rings is 6. The van der Waals surface area contributed by atoms with Crippen LogP contribution in [0.3, 0.4) is 0 Å². The lowest BCUT2D eigenvalue weighted by molar-refractivity contribution is -0.138. The van der Waals surface area contributed by atoms with Crippen LogP contribution in [0, 0.1) is 48.1 Å². The minimum absolute atomic E-state index is 0.0675. The topological polar surface area (TPSA) is 138 Å². The molecule has 466 valence electrons. The number of carbonyl (C=O) groups excluding carboxylic acids is 1. The van der Waals surface area contributed by atoms with Crippen LogP contribution in [0.25, 0.3) is 27.1 Å². The highest BCUT2D eigenvalue weighted by atomic mass is 19.4. The van der Waals surface area contributed by atoms with Gasteiger partial charge < -0.3 is 29.8 Å². The van der Waals surface area contributed by atoms with Crippen LogP contribution >= 0.6 is 0 Å². The lowest BCUT2D eigenvalue weighted by Crippen LogP contribution is -2.27. The van der Waals surface area contributed by atoms with Crippen molar-refractivity contribution < 1.29 is 45.8 Å². The van der Waals surface area contributed by atoms with Crippen LogP contribution in [0.2, 0.25) is 0 Å². The summed E-state index contributed by atoms with van der Waals surface area (Å²) in [6.45, 7) is 28.8. The third-order valence-corrected chi connectivity index (χ3v) is 15.0. The fraction of sp³-hybridized carbons (Fsp3) is 0.338. The Kier molecular flexibility index (Phi) is 22.9. The highest BCUT2D eigenvalue weighted by molar-refractivity contribution is 5.93. The maximum absolute atomic E-state index is 13.7. The molecule has 1 amide bonds. The summed E-state index contributed by atoms with van der Waals surface area (Å²) >= 11 is 0. The van der Waals surface area contributed by atoms with Crippen molar-refractivity contribution >= 4 is 23.8 Å². The maximum Gasteiger partial charge on any atom is 0.416 e. The van der Waals surface area contributed by atoms with Crippen molar-refractivity contribution in [3.05, 3.63) is 229 Å². The number of aromatic nitrogens is 4. The summed E-state index contributed by atoms with van der Waals surface area (Å²) in [6, 6.07) is 33.5. The van der Waals surface area contributed by atoms with Gasteiger partial charge in [-0.1, -0.05) is 135 Å². The highest BCUT2D eigenvalue weighted by Crippen LogP contribution is 2.37. The molecule has 8 rings (SSSR count). The molecule has 0 saturated heterocycles. The Labute approximate surface area is 517 Å². The molecule has 2 N–H and O–H groups in total. The first-order valence-electron chi connectivity index (χ1n) is 29.5. The number of aliphatic carboxylic acids is 1. The summed E-state index contributed by atoms with van der Waals surface area (Å²) in [5.41, 5.74) is 13.8. The van der Waals surface area contributed by atoms with Crippen molar-refractivity contribution in [3.63, 3.8) is 0 Å². The molecule has 12 nitrogen and oxygen atoms in total. The van der Waals surface area contributed by atoms with E-state index in [1.54, 1.807) is 38.4 Å². The van der Waals surface area contributed by atoms with Crippen molar-refractivity contribution in [2.24, 2.45) is 0 Å². The molecule has 0 unspecified atom stereocenters. The molecule has 0 fully saturated rings. The lowest BCUT2D eigenvalue weighted by Gasteiger charge is -2.26. The number of halogens is 6. The number of carboxylic acid groups (broad SMARTS) is 1. The average Bonchev–Trinajstić information content (AvgIpc) is 1.12. The number of anilines is 2. The van der Waals surface area contributed by atoms with Gasteiger partial charge in [0.1, 0.15) is 0 Å². The van der Waals surface area contributed by atoms with Gasteiger partial charge in [-0.25, -0.2) is 26.5 Å². The molecular weight excluding hydrogens is 1140 g/mol. The summed E-state index contributed by atoms with van der Waals surface area (Å²) in [6.07, 6.45) is -2.26. The smallest absolute Gasteiger partial charge is 0.416 e. The number of carboxylic acids is 1. The van der Waals surface area contributed by atoms with E-state index in [0.717, 1.165) is 73.8 Å². The summed E-state index contributed by atoms with van der Waals surface area (Å²) in [5, 5.41) is 11.5. The molecule has 18 heteroatoms. The minimum atomic E-state index is -4.50. The van der Waals surface area contributed by atoms with Gasteiger partial charge in [0.05, 0.1) is 42.1 Å². The first kappa shape index (κ1) is 67.4. The Hall–Kier alpha value is -9.11. The minimum Gasteiger partial charge on any atom is -0.490 e. The lowest BCUT2D eigenvalue weighted by atomic mass is 9.90. The summed E-state index contributed by atoms with van der Waals surface area (Å²) in [5.74, 6) is 0.401.